The third kappa shape index (κ3) is 5.20. The molecule has 0 saturated carbocycles. The second kappa shape index (κ2) is 11.1. The van der Waals surface area contributed by atoms with Gasteiger partial charge in [-0.15, -0.1) is 5.10 Å². The van der Waals surface area contributed by atoms with Crippen LogP contribution < -0.4 is 19.8 Å². The Bertz CT molecular complexity index is 1980. The highest BCUT2D eigenvalue weighted by Crippen LogP contribution is 2.36. The zero-order valence-electron chi connectivity index (χ0n) is 22.9. The van der Waals surface area contributed by atoms with Crippen LogP contribution in [0.15, 0.2) is 119 Å². The summed E-state index contributed by atoms with van der Waals surface area (Å²) in [5, 5.41) is 11.5. The lowest BCUT2D eigenvalue weighted by atomic mass is 9.98. The second-order valence-corrected chi connectivity index (χ2v) is 11.2. The van der Waals surface area contributed by atoms with Crippen molar-refractivity contribution in [2.75, 3.05) is 5.01 Å². The van der Waals surface area contributed by atoms with E-state index < -0.39 is 0 Å². The minimum Gasteiger partial charge on any atom is -0.486 e. The van der Waals surface area contributed by atoms with Gasteiger partial charge in [0.15, 0.2) is 5.82 Å². The van der Waals surface area contributed by atoms with E-state index in [2.05, 4.69) is 63.6 Å². The van der Waals surface area contributed by atoms with E-state index in [9.17, 15) is 4.79 Å². The van der Waals surface area contributed by atoms with Gasteiger partial charge in [0, 0.05) is 6.42 Å². The summed E-state index contributed by atoms with van der Waals surface area (Å²) in [5.41, 5.74) is 6.31. The number of benzene rings is 4. The van der Waals surface area contributed by atoms with E-state index in [1.54, 1.807) is 0 Å². The molecule has 8 heteroatoms. The number of hydrogen-bond donors (Lipinski definition) is 0. The molecule has 6 aromatic rings. The van der Waals surface area contributed by atoms with Gasteiger partial charge in [0.25, 0.3) is 5.56 Å². The average molecular weight is 570 g/mol. The maximum absolute atomic E-state index is 13.1. The Morgan fingerprint density at radius 3 is 2.33 bits per heavy atom. The minimum absolute atomic E-state index is 0.102. The van der Waals surface area contributed by atoms with Gasteiger partial charge in [-0.3, -0.25) is 9.80 Å². The first kappa shape index (κ1) is 25.9. The highest BCUT2D eigenvalue weighted by atomic mass is 32.1. The van der Waals surface area contributed by atoms with Crippen LogP contribution in [-0.2, 0) is 6.61 Å². The zero-order chi connectivity index (χ0) is 28.5. The van der Waals surface area contributed by atoms with E-state index in [0.29, 0.717) is 15.3 Å². The predicted molar refractivity (Wildman–Crippen MR) is 167 cm³/mol. The SMILES string of the molecule is Cc1ccc(OCc2nc3sc(=Cc4ccc(N5N=C(c6ccccc6)CC5c5ccccc5)cc4)c(=O)n3n2)cc1. The van der Waals surface area contributed by atoms with Gasteiger partial charge in [0.05, 0.1) is 22.0 Å². The van der Waals surface area contributed by atoms with Gasteiger partial charge in [-0.1, -0.05) is 102 Å². The Hall–Kier alpha value is -5.08. The van der Waals surface area contributed by atoms with Crippen molar-refractivity contribution in [1.29, 1.82) is 0 Å². The Morgan fingerprint density at radius 1 is 0.905 bits per heavy atom. The van der Waals surface area contributed by atoms with E-state index in [4.69, 9.17) is 9.84 Å². The van der Waals surface area contributed by atoms with Gasteiger partial charge < -0.3 is 4.74 Å². The molecule has 7 nitrogen and oxygen atoms in total. The van der Waals surface area contributed by atoms with Crippen LogP contribution in [0, 0.1) is 6.92 Å². The van der Waals surface area contributed by atoms with Gasteiger partial charge in [-0.2, -0.15) is 14.6 Å². The topological polar surface area (TPSA) is 72.1 Å². The Labute approximate surface area is 246 Å². The van der Waals surface area contributed by atoms with Crippen LogP contribution in [0.3, 0.4) is 0 Å². The summed E-state index contributed by atoms with van der Waals surface area (Å²) in [6, 6.07) is 36.8. The molecule has 1 aliphatic heterocycles. The summed E-state index contributed by atoms with van der Waals surface area (Å²) in [7, 11) is 0. The third-order valence-corrected chi connectivity index (χ3v) is 8.23. The summed E-state index contributed by atoms with van der Waals surface area (Å²) >= 11 is 1.32. The van der Waals surface area contributed by atoms with E-state index in [1.807, 2.05) is 73.7 Å². The lowest BCUT2D eigenvalue weighted by Gasteiger charge is -2.24. The van der Waals surface area contributed by atoms with Crippen LogP contribution in [0.5, 0.6) is 5.75 Å². The van der Waals surface area contributed by atoms with Crippen LogP contribution in [-0.4, -0.2) is 20.3 Å². The first-order valence-electron chi connectivity index (χ1n) is 13.8. The molecule has 7 rings (SSSR count). The molecule has 0 saturated heterocycles. The molecule has 1 unspecified atom stereocenters. The molecule has 0 spiro atoms. The van der Waals surface area contributed by atoms with E-state index in [1.165, 1.54) is 21.4 Å². The molecule has 42 heavy (non-hydrogen) atoms. The molecule has 3 heterocycles. The van der Waals surface area contributed by atoms with Crippen LogP contribution in [0.1, 0.15) is 40.5 Å². The minimum atomic E-state index is -0.186. The Balaban J connectivity index is 1.13. The highest BCUT2D eigenvalue weighted by Gasteiger charge is 2.29. The van der Waals surface area contributed by atoms with Crippen molar-refractivity contribution in [3.63, 3.8) is 0 Å². The monoisotopic (exact) mass is 569 g/mol. The molecular weight excluding hydrogens is 542 g/mol. The number of aryl methyl sites for hydroxylation is 1. The highest BCUT2D eigenvalue weighted by molar-refractivity contribution is 7.15. The lowest BCUT2D eigenvalue weighted by Crippen LogP contribution is -2.24. The van der Waals surface area contributed by atoms with Gasteiger partial charge >= 0.3 is 0 Å². The molecule has 0 amide bonds. The molecule has 206 valence electrons. The van der Waals surface area contributed by atoms with Crippen molar-refractivity contribution >= 4 is 33.8 Å². The van der Waals surface area contributed by atoms with E-state index in [-0.39, 0.29) is 18.2 Å². The third-order valence-electron chi connectivity index (χ3n) is 7.27. The van der Waals surface area contributed by atoms with Gasteiger partial charge in [-0.25, -0.2) is 0 Å². The number of ether oxygens (including phenoxy) is 1. The van der Waals surface area contributed by atoms with Crippen molar-refractivity contribution in [3.8, 4) is 5.75 Å². The van der Waals surface area contributed by atoms with Gasteiger partial charge in [-0.05, 0) is 54.0 Å². The van der Waals surface area contributed by atoms with E-state index >= 15 is 0 Å². The molecule has 0 N–H and O–H groups in total. The van der Waals surface area contributed by atoms with Gasteiger partial charge in [0.2, 0.25) is 4.96 Å². The first-order valence-corrected chi connectivity index (χ1v) is 14.6. The standard InChI is InChI=1S/C34H27N5O2S/c1-23-12-18-28(19-13-23)41-22-32-35-34-39(37-32)33(40)31(42-34)20-24-14-16-27(17-15-24)38-30(26-10-6-3-7-11-26)21-29(36-38)25-8-4-2-5-9-25/h2-20,30H,21-22H2,1H3. The first-order chi connectivity index (χ1) is 20.6. The number of anilines is 1. The molecule has 1 aliphatic rings. The van der Waals surface area contributed by atoms with Crippen molar-refractivity contribution in [2.24, 2.45) is 5.10 Å². The van der Waals surface area contributed by atoms with Crippen LogP contribution in [0.25, 0.3) is 11.0 Å². The van der Waals surface area contributed by atoms with Crippen LogP contribution in [0.4, 0.5) is 5.69 Å². The molecular formula is C34H27N5O2S. The number of hydrogen-bond acceptors (Lipinski definition) is 7. The quantitative estimate of drug-likeness (QED) is 0.238. The second-order valence-electron chi connectivity index (χ2n) is 10.2. The fraction of sp³-hybridized carbons (Fsp3) is 0.118. The fourth-order valence-electron chi connectivity index (χ4n) is 5.08. The molecule has 0 radical (unpaired) electrons. The Morgan fingerprint density at radius 2 is 1.62 bits per heavy atom. The zero-order valence-corrected chi connectivity index (χ0v) is 23.7. The molecule has 1 atom stereocenters. The number of rotatable bonds is 7. The van der Waals surface area contributed by atoms with Crippen LogP contribution in [0.2, 0.25) is 0 Å². The summed E-state index contributed by atoms with van der Waals surface area (Å²) in [6.45, 7) is 2.23. The number of hydrazone groups is 1. The Kier molecular flexibility index (Phi) is 6.81. The van der Waals surface area contributed by atoms with Crippen molar-refractivity contribution in [1.82, 2.24) is 14.6 Å². The van der Waals surface area contributed by atoms with Crippen molar-refractivity contribution in [2.45, 2.75) is 26.0 Å². The largest absolute Gasteiger partial charge is 0.486 e. The maximum atomic E-state index is 13.1. The average Bonchev–Trinajstić information content (AvgIpc) is 3.73. The van der Waals surface area contributed by atoms with Gasteiger partial charge in [0.1, 0.15) is 12.4 Å². The predicted octanol–water partition coefficient (Wildman–Crippen LogP) is 5.94. The molecule has 2 aromatic heterocycles. The smallest absolute Gasteiger partial charge is 0.291 e. The summed E-state index contributed by atoms with van der Waals surface area (Å²) in [5.74, 6) is 1.22. The molecule has 0 fully saturated rings. The number of nitrogens with zero attached hydrogens (tertiary/aromatic N) is 5. The summed E-state index contributed by atoms with van der Waals surface area (Å²) in [4.78, 5) is 18.1. The normalized spacial score (nSPS) is 15.4. The van der Waals surface area contributed by atoms with Crippen LogP contribution >= 0.6 is 11.3 Å². The van der Waals surface area contributed by atoms with E-state index in [0.717, 1.165) is 40.3 Å². The molecule has 4 aromatic carbocycles. The number of fused-ring (bicyclic) bond motifs is 1. The maximum Gasteiger partial charge on any atom is 0.291 e. The molecule has 0 aliphatic carbocycles. The molecule has 0 bridgehead atoms. The van der Waals surface area contributed by atoms with Crippen molar-refractivity contribution < 1.29 is 4.74 Å². The lowest BCUT2D eigenvalue weighted by molar-refractivity contribution is 0.296. The summed E-state index contributed by atoms with van der Waals surface area (Å²) < 4.78 is 7.71. The van der Waals surface area contributed by atoms with Crippen molar-refractivity contribution in [3.05, 3.63) is 152 Å². The summed E-state index contributed by atoms with van der Waals surface area (Å²) in [6.07, 6.45) is 2.70. The fourth-order valence-corrected chi connectivity index (χ4v) is 6.01. The number of aromatic nitrogens is 3. The number of thiazole rings is 1.